The van der Waals surface area contributed by atoms with Crippen molar-refractivity contribution in [2.45, 2.75) is 19.6 Å². The van der Waals surface area contributed by atoms with Gasteiger partial charge in [0.2, 0.25) is 10.0 Å². The molecule has 1 aromatic heterocycles. The van der Waals surface area contributed by atoms with Crippen LogP contribution in [0.1, 0.15) is 0 Å². The molecule has 0 amide bonds. The number of hydrogen-bond donors (Lipinski definition) is 0. The number of allylic oxidation sites excluding steroid dienone is 1. The number of piperazine rings is 1. The van der Waals surface area contributed by atoms with Crippen molar-refractivity contribution in [3.8, 4) is 11.5 Å². The number of aromatic nitrogens is 1. The Morgan fingerprint density at radius 1 is 1.17 bits per heavy atom. The van der Waals surface area contributed by atoms with Gasteiger partial charge >= 0.3 is 0 Å². The standard InChI is InChI=1S/C16H23N3O2SSi/c1-23(2,3)15-7-6-14-22(20,21)19-12-10-18(11-13-19)16-8-4-5-9-17-16/h4-6,8-9,14H,10-13H2,1-3H3/b14-6-. The van der Waals surface area contributed by atoms with Gasteiger partial charge < -0.3 is 4.90 Å². The highest BCUT2D eigenvalue weighted by atomic mass is 32.2. The molecule has 0 atom stereocenters. The van der Waals surface area contributed by atoms with Crippen molar-refractivity contribution in [1.29, 1.82) is 0 Å². The molecule has 5 nitrogen and oxygen atoms in total. The van der Waals surface area contributed by atoms with Crippen molar-refractivity contribution in [2.75, 3.05) is 31.1 Å². The second-order valence-electron chi connectivity index (χ2n) is 6.44. The largest absolute Gasteiger partial charge is 0.354 e. The molecule has 0 aliphatic carbocycles. The Labute approximate surface area is 140 Å². The Kier molecular flexibility index (Phi) is 5.63. The first kappa shape index (κ1) is 17.7. The lowest BCUT2D eigenvalue weighted by Crippen LogP contribution is -2.48. The fraction of sp³-hybridized carbons (Fsp3) is 0.438. The van der Waals surface area contributed by atoms with Gasteiger partial charge in [-0.3, -0.25) is 0 Å². The normalized spacial score (nSPS) is 17.1. The van der Waals surface area contributed by atoms with Gasteiger partial charge in [0.25, 0.3) is 0 Å². The van der Waals surface area contributed by atoms with E-state index in [1.54, 1.807) is 6.20 Å². The average Bonchev–Trinajstić information content (AvgIpc) is 2.52. The minimum atomic E-state index is -3.39. The van der Waals surface area contributed by atoms with E-state index >= 15 is 0 Å². The lowest BCUT2D eigenvalue weighted by molar-refractivity contribution is 0.389. The summed E-state index contributed by atoms with van der Waals surface area (Å²) in [6, 6.07) is 5.75. The lowest BCUT2D eigenvalue weighted by atomic mass is 10.3. The summed E-state index contributed by atoms with van der Waals surface area (Å²) in [4.78, 5) is 6.40. The smallest absolute Gasteiger partial charge is 0.236 e. The molecule has 0 N–H and O–H groups in total. The second-order valence-corrected chi connectivity index (χ2v) is 13.0. The van der Waals surface area contributed by atoms with Gasteiger partial charge in [-0.05, 0) is 12.1 Å². The molecule has 0 radical (unpaired) electrons. The summed E-state index contributed by atoms with van der Waals surface area (Å²) in [6.45, 7) is 8.59. The molecule has 7 heteroatoms. The zero-order valence-corrected chi connectivity index (χ0v) is 15.7. The number of nitrogens with zero attached hydrogens (tertiary/aromatic N) is 3. The zero-order valence-electron chi connectivity index (χ0n) is 13.9. The third kappa shape index (κ3) is 5.50. The summed E-state index contributed by atoms with van der Waals surface area (Å²) in [6.07, 6.45) is 3.21. The number of sulfonamides is 1. The Bertz CT molecular complexity index is 707. The third-order valence-corrected chi connectivity index (χ3v) is 5.80. The maximum absolute atomic E-state index is 12.3. The lowest BCUT2D eigenvalue weighted by Gasteiger charge is -2.33. The van der Waals surface area contributed by atoms with Crippen LogP contribution in [0.4, 0.5) is 5.82 Å². The first-order valence-corrected chi connectivity index (χ1v) is 12.6. The van der Waals surface area contributed by atoms with Crippen LogP contribution in [0.25, 0.3) is 0 Å². The topological polar surface area (TPSA) is 53.5 Å². The molecule has 2 heterocycles. The fourth-order valence-corrected chi connectivity index (χ4v) is 3.78. The van der Waals surface area contributed by atoms with Crippen LogP contribution in [-0.2, 0) is 10.0 Å². The van der Waals surface area contributed by atoms with E-state index in [1.807, 2.05) is 18.2 Å². The van der Waals surface area contributed by atoms with Crippen molar-refractivity contribution in [1.82, 2.24) is 9.29 Å². The Hall–Kier alpha value is -1.62. The molecule has 0 unspecified atom stereocenters. The molecule has 0 spiro atoms. The summed E-state index contributed by atoms with van der Waals surface area (Å²) in [5.41, 5.74) is 3.13. The van der Waals surface area contributed by atoms with Crippen LogP contribution in [0.2, 0.25) is 19.6 Å². The van der Waals surface area contributed by atoms with E-state index in [4.69, 9.17) is 0 Å². The fourth-order valence-electron chi connectivity index (χ4n) is 2.18. The molecule has 0 saturated carbocycles. The number of pyridine rings is 1. The van der Waals surface area contributed by atoms with Crippen LogP contribution in [-0.4, -0.2) is 52.0 Å². The van der Waals surface area contributed by atoms with Gasteiger partial charge in [0.15, 0.2) is 0 Å². The van der Waals surface area contributed by atoms with E-state index in [9.17, 15) is 8.42 Å². The van der Waals surface area contributed by atoms with E-state index in [0.717, 1.165) is 5.82 Å². The van der Waals surface area contributed by atoms with E-state index in [2.05, 4.69) is 41.0 Å². The highest BCUT2D eigenvalue weighted by Gasteiger charge is 2.25. The summed E-state index contributed by atoms with van der Waals surface area (Å²) in [5.74, 6) is 3.75. The molecule has 1 aliphatic heterocycles. The van der Waals surface area contributed by atoms with Gasteiger partial charge in [0.05, 0.1) is 5.41 Å². The Morgan fingerprint density at radius 2 is 1.87 bits per heavy atom. The molecule has 1 aromatic rings. The molecular weight excluding hydrogens is 326 g/mol. The van der Waals surface area contributed by atoms with Crippen LogP contribution >= 0.6 is 0 Å². The maximum atomic E-state index is 12.3. The van der Waals surface area contributed by atoms with Gasteiger partial charge in [-0.1, -0.05) is 31.6 Å². The molecular formula is C16H23N3O2SSi. The van der Waals surface area contributed by atoms with Gasteiger partial charge in [-0.25, -0.2) is 13.4 Å². The minimum absolute atomic E-state index is 0.463. The van der Waals surface area contributed by atoms with Gasteiger partial charge in [-0.15, -0.1) is 5.54 Å². The van der Waals surface area contributed by atoms with Crippen LogP contribution in [0.15, 0.2) is 35.9 Å². The van der Waals surface area contributed by atoms with Crippen LogP contribution in [0.5, 0.6) is 0 Å². The van der Waals surface area contributed by atoms with Crippen LogP contribution in [0.3, 0.4) is 0 Å². The predicted molar refractivity (Wildman–Crippen MR) is 97.2 cm³/mol. The van der Waals surface area contributed by atoms with E-state index in [-0.39, 0.29) is 0 Å². The summed E-state index contributed by atoms with van der Waals surface area (Å²) < 4.78 is 26.1. The van der Waals surface area contributed by atoms with Crippen molar-refractivity contribution in [3.63, 3.8) is 0 Å². The molecule has 23 heavy (non-hydrogen) atoms. The van der Waals surface area contributed by atoms with Crippen molar-refractivity contribution >= 4 is 23.9 Å². The summed E-state index contributed by atoms with van der Waals surface area (Å²) in [7, 11) is -4.86. The van der Waals surface area contributed by atoms with Crippen molar-refractivity contribution in [2.24, 2.45) is 0 Å². The predicted octanol–water partition coefficient (Wildman–Crippen LogP) is 1.93. The Balaban J connectivity index is 1.96. The Morgan fingerprint density at radius 3 is 2.43 bits per heavy atom. The molecule has 0 bridgehead atoms. The molecule has 2 rings (SSSR count). The second kappa shape index (κ2) is 7.30. The molecule has 124 valence electrons. The van der Waals surface area contributed by atoms with E-state index < -0.39 is 18.1 Å². The SMILES string of the molecule is C[Si](C)(C)C#C/C=C\S(=O)(=O)N1CCN(c2ccccn2)CC1. The quantitative estimate of drug-likeness (QED) is 0.618. The average molecular weight is 350 g/mol. The highest BCUT2D eigenvalue weighted by Crippen LogP contribution is 2.15. The number of anilines is 1. The minimum Gasteiger partial charge on any atom is -0.354 e. The van der Waals surface area contributed by atoms with E-state index in [0.29, 0.717) is 26.2 Å². The molecule has 0 aromatic carbocycles. The van der Waals surface area contributed by atoms with Crippen LogP contribution in [0, 0.1) is 11.5 Å². The van der Waals surface area contributed by atoms with Gasteiger partial charge in [-0.2, -0.15) is 4.31 Å². The zero-order chi connectivity index (χ0) is 16.9. The number of rotatable bonds is 3. The first-order chi connectivity index (χ1) is 10.8. The monoisotopic (exact) mass is 349 g/mol. The maximum Gasteiger partial charge on any atom is 0.236 e. The summed E-state index contributed by atoms with van der Waals surface area (Å²) in [5, 5.41) is 1.22. The first-order valence-electron chi connectivity index (χ1n) is 7.63. The summed E-state index contributed by atoms with van der Waals surface area (Å²) >= 11 is 0. The van der Waals surface area contributed by atoms with Crippen molar-refractivity contribution in [3.05, 3.63) is 35.9 Å². The molecule has 1 saturated heterocycles. The molecule has 1 aliphatic rings. The van der Waals surface area contributed by atoms with E-state index in [1.165, 1.54) is 15.8 Å². The number of hydrogen-bond acceptors (Lipinski definition) is 4. The van der Waals surface area contributed by atoms with Gasteiger partial charge in [0.1, 0.15) is 13.9 Å². The van der Waals surface area contributed by atoms with Crippen molar-refractivity contribution < 1.29 is 8.42 Å². The molecule has 1 fully saturated rings. The van der Waals surface area contributed by atoms with Crippen LogP contribution < -0.4 is 4.90 Å². The highest BCUT2D eigenvalue weighted by molar-refractivity contribution is 7.92. The third-order valence-electron chi connectivity index (χ3n) is 3.34. The van der Waals surface area contributed by atoms with Gasteiger partial charge in [0, 0.05) is 38.5 Å².